The molecule has 1 saturated carbocycles. The fourth-order valence-corrected chi connectivity index (χ4v) is 3.15. The summed E-state index contributed by atoms with van der Waals surface area (Å²) in [5.41, 5.74) is 0.472. The Balaban J connectivity index is 2.20. The van der Waals surface area contributed by atoms with Crippen LogP contribution in [0.4, 0.5) is 10.5 Å². The quantitative estimate of drug-likeness (QED) is 0.872. The number of amides is 1. The fraction of sp³-hybridized carbons (Fsp3) is 0.556. The summed E-state index contributed by atoms with van der Waals surface area (Å²) >= 11 is 0. The molecule has 6 heteroatoms. The van der Waals surface area contributed by atoms with Gasteiger partial charge in [-0.2, -0.15) is 0 Å². The summed E-state index contributed by atoms with van der Waals surface area (Å²) in [5, 5.41) is 12.0. The molecule has 132 valence electrons. The molecule has 1 aliphatic rings. The maximum absolute atomic E-state index is 11.9. The van der Waals surface area contributed by atoms with Gasteiger partial charge in [0.1, 0.15) is 11.4 Å². The minimum Gasteiger partial charge on any atom is -0.496 e. The standard InChI is InChI=1S/C18H25NO5/c1-17(2,3)24-16(22)19-10-7-8-11(12(9-10)23-6)13-14(15(20)21)18(13,4)5/h7-9,13-14H,1-6H3,(H,19,22)(H,20,21). The van der Waals surface area contributed by atoms with Crippen molar-refractivity contribution < 1.29 is 24.2 Å². The van der Waals surface area contributed by atoms with E-state index in [1.807, 2.05) is 13.8 Å². The van der Waals surface area contributed by atoms with E-state index in [9.17, 15) is 14.7 Å². The molecule has 1 amide bonds. The highest BCUT2D eigenvalue weighted by Crippen LogP contribution is 2.65. The summed E-state index contributed by atoms with van der Waals surface area (Å²) in [6.07, 6.45) is -0.549. The van der Waals surface area contributed by atoms with Crippen molar-refractivity contribution in [2.24, 2.45) is 11.3 Å². The number of carbonyl (C=O) groups excluding carboxylic acids is 1. The number of carbonyl (C=O) groups is 2. The van der Waals surface area contributed by atoms with Crippen molar-refractivity contribution in [3.8, 4) is 5.75 Å². The Bertz CT molecular complexity index is 660. The van der Waals surface area contributed by atoms with Crippen molar-refractivity contribution in [1.29, 1.82) is 0 Å². The van der Waals surface area contributed by atoms with Gasteiger partial charge < -0.3 is 14.6 Å². The van der Waals surface area contributed by atoms with Crippen LogP contribution < -0.4 is 10.1 Å². The van der Waals surface area contributed by atoms with Crippen molar-refractivity contribution >= 4 is 17.7 Å². The molecule has 2 N–H and O–H groups in total. The number of methoxy groups -OCH3 is 1. The molecule has 2 unspecified atom stereocenters. The summed E-state index contributed by atoms with van der Waals surface area (Å²) in [6, 6.07) is 5.22. The van der Waals surface area contributed by atoms with Crippen LogP contribution in [0.15, 0.2) is 18.2 Å². The summed E-state index contributed by atoms with van der Waals surface area (Å²) in [4.78, 5) is 23.2. The van der Waals surface area contributed by atoms with E-state index in [1.54, 1.807) is 39.0 Å². The molecule has 24 heavy (non-hydrogen) atoms. The van der Waals surface area contributed by atoms with Gasteiger partial charge in [-0.25, -0.2) is 4.79 Å². The number of carboxylic acid groups (broad SMARTS) is 1. The Kier molecular flexibility index (Phi) is 4.52. The second-order valence-electron chi connectivity index (χ2n) is 7.70. The number of aliphatic carboxylic acids is 1. The van der Waals surface area contributed by atoms with Gasteiger partial charge in [-0.05, 0) is 37.8 Å². The lowest BCUT2D eigenvalue weighted by atomic mass is 10.0. The summed E-state index contributed by atoms with van der Waals surface area (Å²) in [7, 11) is 1.53. The molecule has 0 saturated heterocycles. The van der Waals surface area contributed by atoms with Gasteiger partial charge in [0.05, 0.1) is 13.0 Å². The molecule has 6 nitrogen and oxygen atoms in total. The van der Waals surface area contributed by atoms with Crippen LogP contribution in [0, 0.1) is 11.3 Å². The first-order valence-corrected chi connectivity index (χ1v) is 7.88. The minimum absolute atomic E-state index is 0.111. The Morgan fingerprint density at radius 2 is 1.88 bits per heavy atom. The van der Waals surface area contributed by atoms with Gasteiger partial charge in [-0.1, -0.05) is 19.9 Å². The monoisotopic (exact) mass is 335 g/mol. The first-order chi connectivity index (χ1) is 11.0. The molecule has 1 fully saturated rings. The van der Waals surface area contributed by atoms with Crippen LogP contribution >= 0.6 is 0 Å². The normalized spacial score (nSPS) is 21.8. The van der Waals surface area contributed by atoms with E-state index in [4.69, 9.17) is 9.47 Å². The van der Waals surface area contributed by atoms with Gasteiger partial charge in [0.2, 0.25) is 0 Å². The lowest BCUT2D eigenvalue weighted by Gasteiger charge is -2.20. The predicted octanol–water partition coefficient (Wildman–Crippen LogP) is 3.87. The Labute approximate surface area is 142 Å². The van der Waals surface area contributed by atoms with E-state index in [0.717, 1.165) is 5.56 Å². The highest BCUT2D eigenvalue weighted by Gasteiger charge is 2.63. The number of carboxylic acids is 1. The molecule has 2 atom stereocenters. The smallest absolute Gasteiger partial charge is 0.412 e. The van der Waals surface area contributed by atoms with Crippen molar-refractivity contribution in [3.63, 3.8) is 0 Å². The molecular weight excluding hydrogens is 310 g/mol. The van der Waals surface area contributed by atoms with E-state index in [2.05, 4.69) is 5.32 Å². The van der Waals surface area contributed by atoms with Gasteiger partial charge in [0.25, 0.3) is 0 Å². The average molecular weight is 335 g/mol. The molecule has 0 bridgehead atoms. The first kappa shape index (κ1) is 18.1. The van der Waals surface area contributed by atoms with Crippen LogP contribution in [0.2, 0.25) is 0 Å². The zero-order chi connectivity index (χ0) is 18.3. The first-order valence-electron chi connectivity index (χ1n) is 7.88. The van der Waals surface area contributed by atoms with Crippen LogP contribution in [0.5, 0.6) is 5.75 Å². The van der Waals surface area contributed by atoms with Gasteiger partial charge in [0.15, 0.2) is 0 Å². The van der Waals surface area contributed by atoms with Crippen molar-refractivity contribution in [2.75, 3.05) is 12.4 Å². The Morgan fingerprint density at radius 3 is 2.33 bits per heavy atom. The number of hydrogen-bond acceptors (Lipinski definition) is 4. The Morgan fingerprint density at radius 1 is 1.25 bits per heavy atom. The summed E-state index contributed by atoms with van der Waals surface area (Å²) < 4.78 is 10.6. The maximum atomic E-state index is 11.9. The fourth-order valence-electron chi connectivity index (χ4n) is 3.15. The van der Waals surface area contributed by atoms with Crippen LogP contribution in [-0.4, -0.2) is 29.9 Å². The number of ether oxygens (including phenoxy) is 2. The number of benzene rings is 1. The van der Waals surface area contributed by atoms with Crippen molar-refractivity contribution in [2.45, 2.75) is 46.1 Å². The topological polar surface area (TPSA) is 84.9 Å². The van der Waals surface area contributed by atoms with E-state index >= 15 is 0 Å². The molecule has 0 aromatic heterocycles. The lowest BCUT2D eigenvalue weighted by Crippen LogP contribution is -2.27. The molecule has 1 aliphatic carbocycles. The van der Waals surface area contributed by atoms with Gasteiger partial charge in [-0.15, -0.1) is 0 Å². The SMILES string of the molecule is COc1cc(NC(=O)OC(C)(C)C)ccc1C1C(C(=O)O)C1(C)C. The van der Waals surface area contributed by atoms with Crippen LogP contribution in [-0.2, 0) is 9.53 Å². The lowest BCUT2D eigenvalue weighted by molar-refractivity contribution is -0.139. The minimum atomic E-state index is -0.803. The molecule has 0 spiro atoms. The van der Waals surface area contributed by atoms with E-state index in [-0.39, 0.29) is 11.3 Å². The third-order valence-corrected chi connectivity index (χ3v) is 4.31. The Hall–Kier alpha value is -2.24. The summed E-state index contributed by atoms with van der Waals surface area (Å²) in [6.45, 7) is 9.23. The number of rotatable bonds is 4. The largest absolute Gasteiger partial charge is 0.496 e. The second kappa shape index (κ2) is 6.00. The van der Waals surface area contributed by atoms with E-state index in [0.29, 0.717) is 11.4 Å². The molecule has 1 aromatic rings. The average Bonchev–Trinajstić information content (AvgIpc) is 2.99. The molecule has 1 aromatic carbocycles. The molecule has 0 heterocycles. The van der Waals surface area contributed by atoms with E-state index < -0.39 is 23.6 Å². The third-order valence-electron chi connectivity index (χ3n) is 4.31. The van der Waals surface area contributed by atoms with Crippen LogP contribution in [0.3, 0.4) is 0 Å². The molecule has 0 aliphatic heterocycles. The molecule has 0 radical (unpaired) electrons. The van der Waals surface area contributed by atoms with Gasteiger partial charge in [0, 0.05) is 17.7 Å². The van der Waals surface area contributed by atoms with Crippen molar-refractivity contribution in [1.82, 2.24) is 0 Å². The zero-order valence-corrected chi connectivity index (χ0v) is 15.0. The summed E-state index contributed by atoms with van der Waals surface area (Å²) in [5.74, 6) is -0.787. The zero-order valence-electron chi connectivity index (χ0n) is 15.0. The highest BCUT2D eigenvalue weighted by molar-refractivity contribution is 5.85. The van der Waals surface area contributed by atoms with Crippen LogP contribution in [0.1, 0.15) is 46.1 Å². The number of anilines is 1. The van der Waals surface area contributed by atoms with E-state index in [1.165, 1.54) is 7.11 Å². The number of hydrogen-bond donors (Lipinski definition) is 2. The number of nitrogens with one attached hydrogen (secondary N) is 1. The second-order valence-corrected chi connectivity index (χ2v) is 7.70. The third kappa shape index (κ3) is 3.63. The predicted molar refractivity (Wildman–Crippen MR) is 90.5 cm³/mol. The molecule has 2 rings (SSSR count). The van der Waals surface area contributed by atoms with Gasteiger partial charge in [-0.3, -0.25) is 10.1 Å². The maximum Gasteiger partial charge on any atom is 0.412 e. The van der Waals surface area contributed by atoms with Crippen molar-refractivity contribution in [3.05, 3.63) is 23.8 Å². The van der Waals surface area contributed by atoms with Gasteiger partial charge >= 0.3 is 12.1 Å². The highest BCUT2D eigenvalue weighted by atomic mass is 16.6. The van der Waals surface area contributed by atoms with Crippen LogP contribution in [0.25, 0.3) is 0 Å². The molecular formula is C18H25NO5.